The van der Waals surface area contributed by atoms with E-state index in [-0.39, 0.29) is 31.3 Å². The first-order valence-electron chi connectivity index (χ1n) is 5.60. The smallest absolute Gasteiger partial charge is 0.354 e. The molecule has 0 spiro atoms. The van der Waals surface area contributed by atoms with Crippen LogP contribution >= 0.6 is 12.4 Å². The number of carbonyl (C=O) groups excluding carboxylic acids is 1. The van der Waals surface area contributed by atoms with Gasteiger partial charge < -0.3 is 14.7 Å². The summed E-state index contributed by atoms with van der Waals surface area (Å²) in [5, 5.41) is 8.65. The number of ether oxygens (including phenoxy) is 1. The van der Waals surface area contributed by atoms with E-state index in [0.29, 0.717) is 12.5 Å². The molecule has 0 atom stereocenters. The molecule has 1 fully saturated rings. The molecular formula is C11H16ClF2NO4. The van der Waals surface area contributed by atoms with E-state index in [9.17, 15) is 18.4 Å². The first-order valence-corrected chi connectivity index (χ1v) is 5.60. The number of carboxylic acids is 1. The zero-order valence-corrected chi connectivity index (χ0v) is 11.2. The highest BCUT2D eigenvalue weighted by Crippen LogP contribution is 2.29. The van der Waals surface area contributed by atoms with Crippen molar-refractivity contribution in [2.24, 2.45) is 0 Å². The van der Waals surface area contributed by atoms with Crippen LogP contribution in [0.3, 0.4) is 0 Å². The number of halogens is 3. The minimum absolute atomic E-state index is 0. The lowest BCUT2D eigenvalue weighted by atomic mass is 10.3. The lowest BCUT2D eigenvalue weighted by Gasteiger charge is -2.19. The van der Waals surface area contributed by atoms with E-state index >= 15 is 0 Å². The molecule has 1 heterocycles. The summed E-state index contributed by atoms with van der Waals surface area (Å²) in [4.78, 5) is 23.3. The number of likely N-dealkylation sites (tertiary alicyclic amines) is 1. The molecule has 0 aromatic rings. The fourth-order valence-corrected chi connectivity index (χ4v) is 1.61. The van der Waals surface area contributed by atoms with Gasteiger partial charge in [0.05, 0.1) is 19.2 Å². The van der Waals surface area contributed by atoms with Gasteiger partial charge in [-0.3, -0.25) is 0 Å². The Morgan fingerprint density at radius 1 is 1.47 bits per heavy atom. The Morgan fingerprint density at radius 2 is 2.11 bits per heavy atom. The largest absolute Gasteiger partial charge is 0.478 e. The van der Waals surface area contributed by atoms with Crippen LogP contribution in [0.1, 0.15) is 19.8 Å². The average molecular weight is 300 g/mol. The van der Waals surface area contributed by atoms with E-state index in [2.05, 4.69) is 0 Å². The normalized spacial score (nSPS) is 17.8. The molecule has 5 nitrogen and oxygen atoms in total. The number of hydrogen-bond donors (Lipinski definition) is 1. The van der Waals surface area contributed by atoms with Gasteiger partial charge in [0.1, 0.15) is 5.70 Å². The lowest BCUT2D eigenvalue weighted by molar-refractivity contribution is -0.142. The Balaban J connectivity index is 0.00000324. The number of carbonyl (C=O) groups is 2. The van der Waals surface area contributed by atoms with Crippen LogP contribution < -0.4 is 0 Å². The number of carboxylic acid groups (broad SMARTS) is 1. The minimum atomic E-state index is -2.90. The third kappa shape index (κ3) is 5.42. The molecule has 1 aliphatic rings. The molecule has 0 bridgehead atoms. The van der Waals surface area contributed by atoms with E-state index in [1.807, 2.05) is 0 Å². The zero-order chi connectivity index (χ0) is 13.8. The van der Waals surface area contributed by atoms with Crippen molar-refractivity contribution in [3.8, 4) is 0 Å². The van der Waals surface area contributed by atoms with Crippen LogP contribution in [0.25, 0.3) is 0 Å². The monoisotopic (exact) mass is 299 g/mol. The number of hydrogen-bond acceptors (Lipinski definition) is 4. The molecule has 0 aromatic heterocycles. The van der Waals surface area contributed by atoms with Crippen LogP contribution in [-0.4, -0.2) is 47.6 Å². The highest BCUT2D eigenvalue weighted by Gasteiger charge is 2.40. The second-order valence-corrected chi connectivity index (χ2v) is 4.03. The van der Waals surface area contributed by atoms with Crippen molar-refractivity contribution in [3.05, 3.63) is 11.8 Å². The summed E-state index contributed by atoms with van der Waals surface area (Å²) in [6.07, 6.45) is 0.784. The first-order chi connectivity index (χ1) is 8.35. The molecule has 1 N–H and O–H groups in total. The van der Waals surface area contributed by atoms with Crippen molar-refractivity contribution in [3.63, 3.8) is 0 Å². The van der Waals surface area contributed by atoms with Crippen LogP contribution in [0.2, 0.25) is 0 Å². The van der Waals surface area contributed by atoms with E-state index in [1.54, 1.807) is 6.92 Å². The summed E-state index contributed by atoms with van der Waals surface area (Å²) < 4.78 is 30.9. The minimum Gasteiger partial charge on any atom is -0.478 e. The third-order valence-corrected chi connectivity index (χ3v) is 2.42. The highest BCUT2D eigenvalue weighted by atomic mass is 35.5. The Bertz CT molecular complexity index is 374. The molecule has 1 saturated heterocycles. The van der Waals surface area contributed by atoms with Gasteiger partial charge in [-0.1, -0.05) is 6.92 Å². The maximum atomic E-state index is 13.0. The van der Waals surface area contributed by atoms with E-state index in [1.165, 1.54) is 0 Å². The Hall–Kier alpha value is -1.37. The van der Waals surface area contributed by atoms with Gasteiger partial charge in [-0.15, -0.1) is 12.4 Å². The Morgan fingerprint density at radius 3 is 2.53 bits per heavy atom. The summed E-state index contributed by atoms with van der Waals surface area (Å²) >= 11 is 0. The van der Waals surface area contributed by atoms with Gasteiger partial charge in [0.25, 0.3) is 5.92 Å². The fourth-order valence-electron chi connectivity index (χ4n) is 1.61. The summed E-state index contributed by atoms with van der Waals surface area (Å²) in [5.74, 6) is -5.14. The zero-order valence-electron chi connectivity index (χ0n) is 10.4. The predicted octanol–water partition coefficient (Wildman–Crippen LogP) is 1.67. The predicted molar refractivity (Wildman–Crippen MR) is 65.4 cm³/mol. The number of esters is 1. The van der Waals surface area contributed by atoms with Gasteiger partial charge >= 0.3 is 11.9 Å². The van der Waals surface area contributed by atoms with Crippen molar-refractivity contribution < 1.29 is 28.2 Å². The standard InChI is InChI=1S/C11H15F2NO4.ClH/c1-2-5-18-10(17)8(6-9(15)16)14-4-3-11(12,13)7-14;/h6H,2-5,7H2,1H3,(H,15,16);1H/b8-6-;. The van der Waals surface area contributed by atoms with Gasteiger partial charge in [-0.05, 0) is 6.42 Å². The van der Waals surface area contributed by atoms with Crippen LogP contribution in [0, 0.1) is 0 Å². The maximum Gasteiger partial charge on any atom is 0.354 e. The summed E-state index contributed by atoms with van der Waals surface area (Å²) in [6.45, 7) is 1.18. The van der Waals surface area contributed by atoms with E-state index in [0.717, 1.165) is 4.90 Å². The molecule has 0 saturated carbocycles. The lowest BCUT2D eigenvalue weighted by Crippen LogP contribution is -2.30. The van der Waals surface area contributed by atoms with E-state index < -0.39 is 30.8 Å². The molecule has 8 heteroatoms. The van der Waals surface area contributed by atoms with Crippen molar-refractivity contribution in [2.75, 3.05) is 19.7 Å². The number of nitrogens with zero attached hydrogens (tertiary/aromatic N) is 1. The highest BCUT2D eigenvalue weighted by molar-refractivity contribution is 5.95. The summed E-state index contributed by atoms with van der Waals surface area (Å²) in [5.41, 5.74) is -0.326. The van der Waals surface area contributed by atoms with Crippen molar-refractivity contribution in [2.45, 2.75) is 25.7 Å². The summed E-state index contributed by atoms with van der Waals surface area (Å²) in [7, 11) is 0. The van der Waals surface area contributed by atoms with E-state index in [4.69, 9.17) is 9.84 Å². The first kappa shape index (κ1) is 17.6. The van der Waals surface area contributed by atoms with Gasteiger partial charge in [0, 0.05) is 13.0 Å². The SMILES string of the molecule is CCCOC(=O)/C(=C/C(=O)O)N1CCC(F)(F)C1.Cl. The topological polar surface area (TPSA) is 66.8 Å². The molecule has 0 aliphatic carbocycles. The van der Waals surface area contributed by atoms with Crippen LogP contribution in [0.15, 0.2) is 11.8 Å². The molecular weight excluding hydrogens is 284 g/mol. The number of rotatable bonds is 5. The van der Waals surface area contributed by atoms with Crippen LogP contribution in [0.5, 0.6) is 0 Å². The molecule has 0 aromatic carbocycles. The van der Waals surface area contributed by atoms with Gasteiger partial charge in [-0.25, -0.2) is 18.4 Å². The Kier molecular flexibility index (Phi) is 6.75. The molecule has 0 unspecified atom stereocenters. The third-order valence-electron chi connectivity index (χ3n) is 2.42. The summed E-state index contributed by atoms with van der Waals surface area (Å²) in [6, 6.07) is 0. The van der Waals surface area contributed by atoms with Gasteiger partial charge in [-0.2, -0.15) is 0 Å². The second kappa shape index (κ2) is 7.28. The molecule has 0 amide bonds. The molecule has 110 valence electrons. The quantitative estimate of drug-likeness (QED) is 0.618. The molecule has 1 aliphatic heterocycles. The van der Waals surface area contributed by atoms with Gasteiger partial charge in [0.2, 0.25) is 0 Å². The number of aliphatic carboxylic acids is 1. The van der Waals surface area contributed by atoms with Crippen molar-refractivity contribution in [1.82, 2.24) is 4.90 Å². The van der Waals surface area contributed by atoms with Crippen molar-refractivity contribution in [1.29, 1.82) is 0 Å². The van der Waals surface area contributed by atoms with Crippen LogP contribution in [-0.2, 0) is 14.3 Å². The Labute approximate surface area is 115 Å². The molecule has 19 heavy (non-hydrogen) atoms. The second-order valence-electron chi connectivity index (χ2n) is 4.03. The fraction of sp³-hybridized carbons (Fsp3) is 0.636. The molecule has 0 radical (unpaired) electrons. The molecule has 1 rings (SSSR count). The number of alkyl halides is 2. The van der Waals surface area contributed by atoms with Gasteiger partial charge in [0.15, 0.2) is 0 Å². The van der Waals surface area contributed by atoms with Crippen molar-refractivity contribution >= 4 is 24.3 Å². The van der Waals surface area contributed by atoms with Crippen LogP contribution in [0.4, 0.5) is 8.78 Å². The average Bonchev–Trinajstić information content (AvgIpc) is 2.63. The maximum absolute atomic E-state index is 13.0.